The molecular formula is C12H23NO. The smallest absolute Gasteiger partial charge is 0.0695 e. The number of likely N-dealkylation sites (tertiary alicyclic amines) is 1. The molecule has 2 aliphatic rings. The van der Waals surface area contributed by atoms with Crippen LogP contribution in [0.3, 0.4) is 0 Å². The number of hydrogen-bond acceptors (Lipinski definition) is 2. The molecular weight excluding hydrogens is 174 g/mol. The molecule has 0 radical (unpaired) electrons. The summed E-state index contributed by atoms with van der Waals surface area (Å²) in [6, 6.07) is 1.15. The predicted octanol–water partition coefficient (Wildman–Crippen LogP) is 2.02. The zero-order valence-electron chi connectivity index (χ0n) is 9.45. The van der Waals surface area contributed by atoms with Crippen LogP contribution in [0.1, 0.15) is 46.0 Å². The molecule has 0 amide bonds. The van der Waals surface area contributed by atoms with Crippen LogP contribution in [-0.4, -0.2) is 34.7 Å². The van der Waals surface area contributed by atoms with Gasteiger partial charge in [-0.25, -0.2) is 0 Å². The van der Waals surface area contributed by atoms with Crippen molar-refractivity contribution in [3.05, 3.63) is 0 Å². The fourth-order valence-electron chi connectivity index (χ4n) is 3.23. The Labute approximate surface area is 87.3 Å². The summed E-state index contributed by atoms with van der Waals surface area (Å²) < 4.78 is 0. The first-order chi connectivity index (χ1) is 6.68. The third-order valence-corrected chi connectivity index (χ3v) is 4.06. The summed E-state index contributed by atoms with van der Waals surface area (Å²) in [5, 5.41) is 9.88. The Hall–Kier alpha value is -0.0800. The normalized spacial score (nSPS) is 45.6. The first-order valence-corrected chi connectivity index (χ1v) is 6.12. The van der Waals surface area contributed by atoms with E-state index in [4.69, 9.17) is 0 Å². The molecule has 1 aliphatic carbocycles. The lowest BCUT2D eigenvalue weighted by Gasteiger charge is -2.41. The van der Waals surface area contributed by atoms with Crippen molar-refractivity contribution in [2.24, 2.45) is 5.92 Å². The van der Waals surface area contributed by atoms with Crippen molar-refractivity contribution < 1.29 is 5.11 Å². The SMILES string of the molecule is CC1CCN([C@H]2CCC[C@@H]2O)C(C)C1. The maximum atomic E-state index is 9.88. The summed E-state index contributed by atoms with van der Waals surface area (Å²) >= 11 is 0. The highest BCUT2D eigenvalue weighted by Gasteiger charge is 2.35. The van der Waals surface area contributed by atoms with Gasteiger partial charge in [0.05, 0.1) is 6.10 Å². The molecule has 1 N–H and O–H groups in total. The van der Waals surface area contributed by atoms with Gasteiger partial charge in [0.1, 0.15) is 0 Å². The van der Waals surface area contributed by atoms with Crippen molar-refractivity contribution in [3.8, 4) is 0 Å². The highest BCUT2D eigenvalue weighted by Crippen LogP contribution is 2.31. The molecule has 2 fully saturated rings. The number of nitrogens with zero attached hydrogens (tertiary/aromatic N) is 1. The van der Waals surface area contributed by atoms with Crippen molar-refractivity contribution in [1.29, 1.82) is 0 Å². The molecule has 4 atom stereocenters. The molecule has 1 aliphatic heterocycles. The fraction of sp³-hybridized carbons (Fsp3) is 1.00. The highest BCUT2D eigenvalue weighted by atomic mass is 16.3. The van der Waals surface area contributed by atoms with E-state index >= 15 is 0 Å². The Kier molecular flexibility index (Phi) is 3.13. The molecule has 2 rings (SSSR count). The molecule has 2 heteroatoms. The van der Waals surface area contributed by atoms with E-state index in [9.17, 15) is 5.11 Å². The van der Waals surface area contributed by atoms with Crippen LogP contribution in [0.15, 0.2) is 0 Å². The summed E-state index contributed by atoms with van der Waals surface area (Å²) in [5.74, 6) is 0.875. The van der Waals surface area contributed by atoms with Gasteiger partial charge in [-0.2, -0.15) is 0 Å². The van der Waals surface area contributed by atoms with E-state index < -0.39 is 0 Å². The Morgan fingerprint density at radius 1 is 1.14 bits per heavy atom. The third-order valence-electron chi connectivity index (χ3n) is 4.06. The van der Waals surface area contributed by atoms with Crippen LogP contribution in [-0.2, 0) is 0 Å². The van der Waals surface area contributed by atoms with Crippen LogP contribution in [0, 0.1) is 5.92 Å². The maximum absolute atomic E-state index is 9.88. The van der Waals surface area contributed by atoms with E-state index in [1.807, 2.05) is 0 Å². The van der Waals surface area contributed by atoms with Crippen LogP contribution >= 0.6 is 0 Å². The van der Waals surface area contributed by atoms with Gasteiger partial charge in [-0.05, 0) is 51.5 Å². The van der Waals surface area contributed by atoms with Crippen LogP contribution in [0.4, 0.5) is 0 Å². The number of hydrogen-bond donors (Lipinski definition) is 1. The number of piperidine rings is 1. The summed E-state index contributed by atoms with van der Waals surface area (Å²) in [6.07, 6.45) is 6.01. The number of aliphatic hydroxyl groups is 1. The summed E-state index contributed by atoms with van der Waals surface area (Å²) in [5.41, 5.74) is 0. The molecule has 0 spiro atoms. The molecule has 1 heterocycles. The van der Waals surface area contributed by atoms with Gasteiger partial charge in [0.25, 0.3) is 0 Å². The van der Waals surface area contributed by atoms with Gasteiger partial charge < -0.3 is 5.11 Å². The zero-order valence-corrected chi connectivity index (χ0v) is 9.45. The molecule has 0 aromatic carbocycles. The van der Waals surface area contributed by atoms with Crippen molar-refractivity contribution in [3.63, 3.8) is 0 Å². The Balaban J connectivity index is 1.96. The second-order valence-electron chi connectivity index (χ2n) is 5.28. The topological polar surface area (TPSA) is 23.5 Å². The Bertz CT molecular complexity index is 195. The van der Waals surface area contributed by atoms with E-state index in [0.717, 1.165) is 12.3 Å². The van der Waals surface area contributed by atoms with Gasteiger partial charge in [-0.15, -0.1) is 0 Å². The summed E-state index contributed by atoms with van der Waals surface area (Å²) in [6.45, 7) is 5.86. The fourth-order valence-corrected chi connectivity index (χ4v) is 3.23. The van der Waals surface area contributed by atoms with E-state index in [1.54, 1.807) is 0 Å². The Morgan fingerprint density at radius 2 is 1.93 bits per heavy atom. The zero-order chi connectivity index (χ0) is 10.1. The minimum absolute atomic E-state index is 0.0501. The summed E-state index contributed by atoms with van der Waals surface area (Å²) in [7, 11) is 0. The van der Waals surface area contributed by atoms with Crippen molar-refractivity contribution >= 4 is 0 Å². The quantitative estimate of drug-likeness (QED) is 0.695. The molecule has 14 heavy (non-hydrogen) atoms. The Morgan fingerprint density at radius 3 is 2.50 bits per heavy atom. The van der Waals surface area contributed by atoms with Crippen LogP contribution in [0.5, 0.6) is 0 Å². The van der Waals surface area contributed by atoms with Crippen LogP contribution in [0.2, 0.25) is 0 Å². The second-order valence-corrected chi connectivity index (χ2v) is 5.28. The van der Waals surface area contributed by atoms with Gasteiger partial charge in [0, 0.05) is 12.1 Å². The molecule has 1 saturated carbocycles. The van der Waals surface area contributed by atoms with Gasteiger partial charge in [-0.1, -0.05) is 6.92 Å². The monoisotopic (exact) mass is 197 g/mol. The van der Waals surface area contributed by atoms with Crippen molar-refractivity contribution in [1.82, 2.24) is 4.90 Å². The van der Waals surface area contributed by atoms with E-state index in [0.29, 0.717) is 12.1 Å². The third kappa shape index (κ3) is 1.96. The molecule has 0 bridgehead atoms. The standard InChI is InChI=1S/C12H23NO/c1-9-6-7-13(10(2)8-9)11-4-3-5-12(11)14/h9-12,14H,3-8H2,1-2H3/t9?,10?,11-,12-/m0/s1. The average Bonchev–Trinajstić information content (AvgIpc) is 2.52. The lowest BCUT2D eigenvalue weighted by Crippen LogP contribution is -2.49. The lowest BCUT2D eigenvalue weighted by atomic mass is 9.91. The molecule has 82 valence electrons. The highest BCUT2D eigenvalue weighted by molar-refractivity contribution is 4.90. The first-order valence-electron chi connectivity index (χ1n) is 6.12. The number of rotatable bonds is 1. The van der Waals surface area contributed by atoms with Crippen molar-refractivity contribution in [2.75, 3.05) is 6.54 Å². The minimum atomic E-state index is -0.0501. The van der Waals surface area contributed by atoms with Crippen molar-refractivity contribution in [2.45, 2.75) is 64.1 Å². The molecule has 2 unspecified atom stereocenters. The summed E-state index contributed by atoms with van der Waals surface area (Å²) in [4.78, 5) is 2.55. The predicted molar refractivity (Wildman–Crippen MR) is 58.2 cm³/mol. The van der Waals surface area contributed by atoms with E-state index in [1.165, 1.54) is 32.2 Å². The van der Waals surface area contributed by atoms with Crippen LogP contribution < -0.4 is 0 Å². The van der Waals surface area contributed by atoms with Crippen LogP contribution in [0.25, 0.3) is 0 Å². The minimum Gasteiger partial charge on any atom is -0.391 e. The molecule has 1 saturated heterocycles. The first kappa shape index (κ1) is 10.4. The largest absolute Gasteiger partial charge is 0.391 e. The molecule has 0 aromatic rings. The van der Waals surface area contributed by atoms with E-state index in [-0.39, 0.29) is 6.10 Å². The number of aliphatic hydroxyl groups excluding tert-OH is 1. The maximum Gasteiger partial charge on any atom is 0.0695 e. The molecule has 2 nitrogen and oxygen atoms in total. The van der Waals surface area contributed by atoms with Gasteiger partial charge in [0.2, 0.25) is 0 Å². The average molecular weight is 197 g/mol. The van der Waals surface area contributed by atoms with Gasteiger partial charge >= 0.3 is 0 Å². The van der Waals surface area contributed by atoms with Gasteiger partial charge in [-0.3, -0.25) is 4.90 Å². The second kappa shape index (κ2) is 4.19. The lowest BCUT2D eigenvalue weighted by molar-refractivity contribution is 0.0195. The van der Waals surface area contributed by atoms with E-state index in [2.05, 4.69) is 18.7 Å². The molecule has 0 aromatic heterocycles. The van der Waals surface area contributed by atoms with Gasteiger partial charge in [0.15, 0.2) is 0 Å².